The smallest absolute Gasteiger partial charge is 0.0346 e. The first-order valence-corrected chi connectivity index (χ1v) is 8.33. The van der Waals surface area contributed by atoms with E-state index >= 15 is 0 Å². The summed E-state index contributed by atoms with van der Waals surface area (Å²) in [5, 5.41) is 3.40. The molecule has 0 aromatic carbocycles. The molecule has 4 fully saturated rings. The van der Waals surface area contributed by atoms with Crippen LogP contribution in [0.2, 0.25) is 0 Å². The third-order valence-electron chi connectivity index (χ3n) is 5.93. The lowest BCUT2D eigenvalue weighted by Gasteiger charge is -2.47. The van der Waals surface area contributed by atoms with Crippen LogP contribution < -0.4 is 5.32 Å². The van der Waals surface area contributed by atoms with Crippen LogP contribution in [0, 0.1) is 0 Å². The molecule has 1 N–H and O–H groups in total. The van der Waals surface area contributed by atoms with Gasteiger partial charge in [0.15, 0.2) is 0 Å². The maximum Gasteiger partial charge on any atom is 0.0346 e. The Morgan fingerprint density at radius 3 is 1.95 bits per heavy atom. The number of piperazine rings is 1. The summed E-state index contributed by atoms with van der Waals surface area (Å²) in [4.78, 5) is 8.25. The average molecular weight is 264 g/mol. The van der Waals surface area contributed by atoms with Gasteiger partial charge in [-0.25, -0.2) is 0 Å². The van der Waals surface area contributed by atoms with Gasteiger partial charge in [0, 0.05) is 57.4 Å². The van der Waals surface area contributed by atoms with Gasteiger partial charge in [-0.15, -0.1) is 0 Å². The summed E-state index contributed by atoms with van der Waals surface area (Å²) in [6.45, 7) is 10.4. The van der Waals surface area contributed by atoms with Gasteiger partial charge in [0.1, 0.15) is 0 Å². The Kier molecular flexibility index (Phi) is 3.52. The van der Waals surface area contributed by atoms with Crippen molar-refractivity contribution < 1.29 is 0 Å². The second-order valence-corrected chi connectivity index (χ2v) is 6.89. The molecule has 4 nitrogen and oxygen atoms in total. The maximum atomic E-state index is 3.40. The minimum Gasteiger partial charge on any atom is -0.314 e. The molecule has 2 unspecified atom stereocenters. The zero-order chi connectivity index (χ0) is 12.7. The minimum absolute atomic E-state index is 0.846. The molecular weight excluding hydrogens is 236 g/mol. The van der Waals surface area contributed by atoms with Crippen molar-refractivity contribution in [1.82, 2.24) is 20.0 Å². The molecule has 2 atom stereocenters. The summed E-state index contributed by atoms with van der Waals surface area (Å²) in [5.74, 6) is 0. The number of hydrogen-bond acceptors (Lipinski definition) is 4. The highest BCUT2D eigenvalue weighted by molar-refractivity contribution is 4.93. The monoisotopic (exact) mass is 264 g/mol. The lowest BCUT2D eigenvalue weighted by molar-refractivity contribution is 0.0240. The normalized spacial score (nSPS) is 39.2. The van der Waals surface area contributed by atoms with Gasteiger partial charge in [0.2, 0.25) is 0 Å². The molecule has 4 heterocycles. The summed E-state index contributed by atoms with van der Waals surface area (Å²) in [5.41, 5.74) is 0. The Morgan fingerprint density at radius 1 is 0.632 bits per heavy atom. The molecule has 4 aliphatic rings. The van der Waals surface area contributed by atoms with Gasteiger partial charge in [-0.1, -0.05) is 0 Å². The van der Waals surface area contributed by atoms with Crippen LogP contribution in [-0.4, -0.2) is 85.2 Å². The van der Waals surface area contributed by atoms with Gasteiger partial charge in [0.05, 0.1) is 0 Å². The average Bonchev–Trinajstić information content (AvgIpc) is 2.85. The first-order valence-electron chi connectivity index (χ1n) is 8.33. The minimum atomic E-state index is 0.846. The van der Waals surface area contributed by atoms with Crippen LogP contribution in [0.5, 0.6) is 0 Å². The van der Waals surface area contributed by atoms with E-state index in [4.69, 9.17) is 0 Å². The topological polar surface area (TPSA) is 21.8 Å². The molecule has 4 heteroatoms. The van der Waals surface area contributed by atoms with Crippen molar-refractivity contribution in [2.75, 3.05) is 52.4 Å². The molecule has 4 rings (SSSR count). The Bertz CT molecular complexity index is 309. The molecule has 4 aliphatic heterocycles. The summed E-state index contributed by atoms with van der Waals surface area (Å²) in [6.07, 6.45) is 5.77. The molecular formula is C15H28N4. The molecule has 0 aliphatic carbocycles. The molecule has 0 saturated carbocycles. The van der Waals surface area contributed by atoms with Crippen molar-refractivity contribution in [1.29, 1.82) is 0 Å². The van der Waals surface area contributed by atoms with E-state index in [2.05, 4.69) is 20.0 Å². The van der Waals surface area contributed by atoms with Crippen LogP contribution in [0.4, 0.5) is 0 Å². The van der Waals surface area contributed by atoms with Crippen LogP contribution in [0.25, 0.3) is 0 Å². The van der Waals surface area contributed by atoms with Crippen molar-refractivity contribution in [2.24, 2.45) is 0 Å². The van der Waals surface area contributed by atoms with Crippen molar-refractivity contribution >= 4 is 0 Å². The number of piperidine rings is 1. The molecule has 4 saturated heterocycles. The fraction of sp³-hybridized carbons (Fsp3) is 1.00. The molecule has 108 valence electrons. The number of nitrogens with zero attached hydrogens (tertiary/aromatic N) is 3. The highest BCUT2D eigenvalue weighted by Crippen LogP contribution is 2.29. The van der Waals surface area contributed by atoms with Crippen molar-refractivity contribution in [3.63, 3.8) is 0 Å². The second kappa shape index (κ2) is 5.32. The van der Waals surface area contributed by atoms with E-state index in [0.717, 1.165) is 18.1 Å². The van der Waals surface area contributed by atoms with Crippen LogP contribution in [0.3, 0.4) is 0 Å². The molecule has 0 amide bonds. The van der Waals surface area contributed by atoms with Gasteiger partial charge in [-0.2, -0.15) is 0 Å². The fourth-order valence-corrected chi connectivity index (χ4v) is 4.53. The van der Waals surface area contributed by atoms with Gasteiger partial charge in [-0.3, -0.25) is 9.80 Å². The summed E-state index contributed by atoms with van der Waals surface area (Å²) in [6, 6.07) is 2.66. The summed E-state index contributed by atoms with van der Waals surface area (Å²) >= 11 is 0. The zero-order valence-electron chi connectivity index (χ0n) is 12.1. The van der Waals surface area contributed by atoms with Gasteiger partial charge < -0.3 is 10.2 Å². The number of rotatable bonds is 2. The second-order valence-electron chi connectivity index (χ2n) is 6.89. The number of hydrogen-bond donors (Lipinski definition) is 1. The van der Waals surface area contributed by atoms with Crippen molar-refractivity contribution in [3.05, 3.63) is 0 Å². The lowest BCUT2D eigenvalue weighted by Crippen LogP contribution is -2.63. The van der Waals surface area contributed by atoms with E-state index in [1.165, 1.54) is 78.0 Å². The third kappa shape index (κ3) is 2.44. The number of nitrogens with one attached hydrogen (secondary N) is 1. The quantitative estimate of drug-likeness (QED) is 0.769. The maximum absolute atomic E-state index is 3.40. The highest BCUT2D eigenvalue weighted by atomic mass is 15.3. The van der Waals surface area contributed by atoms with Crippen LogP contribution >= 0.6 is 0 Å². The SMILES string of the molecule is C1CC2CC(N3CCN(C4CNC4)CC3)CCN2C1. The molecule has 0 aromatic heterocycles. The van der Waals surface area contributed by atoms with E-state index < -0.39 is 0 Å². The van der Waals surface area contributed by atoms with E-state index in [0.29, 0.717) is 0 Å². The number of fused-ring (bicyclic) bond motifs is 1. The first-order chi connectivity index (χ1) is 9.40. The standard InChI is InChI=1S/C15H28N4/c1-2-13-10-14(3-5-17(13)4-1)18-6-8-19(9-7-18)15-11-16-12-15/h13-16H,1-12H2. The van der Waals surface area contributed by atoms with E-state index in [1.807, 2.05) is 0 Å². The van der Waals surface area contributed by atoms with Crippen LogP contribution in [0.1, 0.15) is 25.7 Å². The van der Waals surface area contributed by atoms with Crippen molar-refractivity contribution in [2.45, 2.75) is 43.8 Å². The van der Waals surface area contributed by atoms with Crippen LogP contribution in [0.15, 0.2) is 0 Å². The van der Waals surface area contributed by atoms with Gasteiger partial charge in [-0.05, 0) is 38.8 Å². The lowest BCUT2D eigenvalue weighted by atomic mass is 9.95. The molecule has 0 bridgehead atoms. The Balaban J connectivity index is 1.29. The molecule has 19 heavy (non-hydrogen) atoms. The van der Waals surface area contributed by atoms with E-state index in [-0.39, 0.29) is 0 Å². The Morgan fingerprint density at radius 2 is 1.26 bits per heavy atom. The largest absolute Gasteiger partial charge is 0.314 e. The van der Waals surface area contributed by atoms with Gasteiger partial charge >= 0.3 is 0 Å². The Hall–Kier alpha value is -0.160. The van der Waals surface area contributed by atoms with Crippen LogP contribution in [-0.2, 0) is 0 Å². The third-order valence-corrected chi connectivity index (χ3v) is 5.93. The zero-order valence-corrected chi connectivity index (χ0v) is 12.1. The first kappa shape index (κ1) is 12.6. The van der Waals surface area contributed by atoms with Gasteiger partial charge in [0.25, 0.3) is 0 Å². The van der Waals surface area contributed by atoms with Crippen molar-refractivity contribution in [3.8, 4) is 0 Å². The predicted molar refractivity (Wildman–Crippen MR) is 77.4 cm³/mol. The fourth-order valence-electron chi connectivity index (χ4n) is 4.53. The summed E-state index contributed by atoms with van der Waals surface area (Å²) in [7, 11) is 0. The molecule has 0 aromatic rings. The molecule has 0 spiro atoms. The summed E-state index contributed by atoms with van der Waals surface area (Å²) < 4.78 is 0. The molecule has 0 radical (unpaired) electrons. The highest BCUT2D eigenvalue weighted by Gasteiger charge is 2.36. The van der Waals surface area contributed by atoms with E-state index in [9.17, 15) is 0 Å². The predicted octanol–water partition coefficient (Wildman–Crippen LogP) is 0.203. The Labute approximate surface area is 117 Å². The van der Waals surface area contributed by atoms with E-state index in [1.54, 1.807) is 0 Å².